The lowest BCUT2D eigenvalue weighted by Gasteiger charge is -2.04. The summed E-state index contributed by atoms with van der Waals surface area (Å²) in [4.78, 5) is 16.0. The van der Waals surface area contributed by atoms with Gasteiger partial charge in [-0.15, -0.1) is 11.3 Å². The molecule has 0 radical (unpaired) electrons. The van der Waals surface area contributed by atoms with Crippen molar-refractivity contribution in [2.45, 2.75) is 4.34 Å². The van der Waals surface area contributed by atoms with Crippen molar-refractivity contribution in [2.75, 3.05) is 0 Å². The number of carbonyl (C=O) groups is 1. The van der Waals surface area contributed by atoms with Crippen LogP contribution >= 0.6 is 22.9 Å². The highest BCUT2D eigenvalue weighted by molar-refractivity contribution is 7.91. The molecular weight excluding hydrogens is 360 g/mol. The highest BCUT2D eigenvalue weighted by Gasteiger charge is 2.15. The van der Waals surface area contributed by atoms with Crippen LogP contribution in [-0.4, -0.2) is 19.4 Å². The maximum atomic E-state index is 12.0. The number of benzene rings is 2. The molecule has 1 heterocycles. The summed E-state index contributed by atoms with van der Waals surface area (Å²) >= 11 is 6.67. The Morgan fingerprint density at radius 2 is 1.87 bits per heavy atom. The molecule has 0 atom stereocenters. The smallest absolute Gasteiger partial charge is 0.343 e. The molecule has 0 amide bonds. The van der Waals surface area contributed by atoms with E-state index in [0.717, 1.165) is 11.3 Å². The van der Waals surface area contributed by atoms with Crippen LogP contribution in [0.4, 0.5) is 0 Å². The van der Waals surface area contributed by atoms with Gasteiger partial charge in [0.1, 0.15) is 5.75 Å². The number of ether oxygens (including phenoxy) is 1. The van der Waals surface area contributed by atoms with Gasteiger partial charge in [0.25, 0.3) is 10.0 Å². The lowest BCUT2D eigenvalue weighted by atomic mass is 10.2. The first kappa shape index (κ1) is 15.9. The topological polar surface area (TPSA) is 99.4 Å². The van der Waals surface area contributed by atoms with Gasteiger partial charge < -0.3 is 4.74 Å². The monoisotopic (exact) mass is 368 g/mol. The standard InChI is InChI=1S/C14H9ClN2O4S2/c15-9-3-1-8(2-4-9)13(18)21-10-5-6-11-12(7-10)22-14(17-11)23(16,19)20/h1-7H,(H2,16,19,20). The van der Waals surface area contributed by atoms with E-state index in [9.17, 15) is 13.2 Å². The zero-order chi connectivity index (χ0) is 16.6. The van der Waals surface area contributed by atoms with Gasteiger partial charge in [0.05, 0.1) is 15.8 Å². The van der Waals surface area contributed by atoms with Crippen LogP contribution in [0.3, 0.4) is 0 Å². The maximum Gasteiger partial charge on any atom is 0.343 e. The minimum atomic E-state index is -3.86. The number of fused-ring (bicyclic) bond motifs is 1. The predicted octanol–water partition coefficient (Wildman–Crippen LogP) is 2.82. The van der Waals surface area contributed by atoms with Crippen molar-refractivity contribution in [3.05, 3.63) is 53.1 Å². The first-order chi connectivity index (χ1) is 10.8. The average molecular weight is 369 g/mol. The SMILES string of the molecule is NS(=O)(=O)c1nc2ccc(OC(=O)c3ccc(Cl)cc3)cc2s1. The number of hydrogen-bond acceptors (Lipinski definition) is 6. The Hall–Kier alpha value is -2.00. The third-order valence-corrected chi connectivity index (χ3v) is 5.46. The van der Waals surface area contributed by atoms with E-state index in [1.807, 2.05) is 0 Å². The zero-order valence-electron chi connectivity index (χ0n) is 11.4. The summed E-state index contributed by atoms with van der Waals surface area (Å²) in [5, 5.41) is 5.57. The van der Waals surface area contributed by atoms with Gasteiger partial charge in [0, 0.05) is 11.1 Å². The second-order valence-electron chi connectivity index (χ2n) is 4.55. The lowest BCUT2D eigenvalue weighted by Crippen LogP contribution is -2.11. The summed E-state index contributed by atoms with van der Waals surface area (Å²) in [5.41, 5.74) is 0.814. The summed E-state index contributed by atoms with van der Waals surface area (Å²) in [6.07, 6.45) is 0. The lowest BCUT2D eigenvalue weighted by molar-refractivity contribution is 0.0735. The first-order valence-corrected chi connectivity index (χ1v) is 8.98. The van der Waals surface area contributed by atoms with Gasteiger partial charge in [-0.1, -0.05) is 11.6 Å². The van der Waals surface area contributed by atoms with Crippen LogP contribution < -0.4 is 9.88 Å². The number of esters is 1. The molecule has 0 saturated heterocycles. The maximum absolute atomic E-state index is 12.0. The summed E-state index contributed by atoms with van der Waals surface area (Å²) in [7, 11) is -3.86. The fraction of sp³-hybridized carbons (Fsp3) is 0. The number of nitrogens with two attached hydrogens (primary N) is 1. The number of sulfonamides is 1. The number of primary sulfonamides is 1. The molecule has 2 aromatic carbocycles. The van der Waals surface area contributed by atoms with E-state index >= 15 is 0 Å². The number of hydrogen-bond donors (Lipinski definition) is 1. The molecule has 23 heavy (non-hydrogen) atoms. The van der Waals surface area contributed by atoms with Crippen molar-refractivity contribution in [1.29, 1.82) is 0 Å². The largest absolute Gasteiger partial charge is 0.423 e. The normalized spacial score (nSPS) is 11.6. The van der Waals surface area contributed by atoms with Crippen molar-refractivity contribution in [1.82, 2.24) is 4.98 Å². The molecule has 0 aliphatic carbocycles. The number of nitrogens with zero attached hydrogens (tertiary/aromatic N) is 1. The van der Waals surface area contributed by atoms with E-state index in [0.29, 0.717) is 20.8 Å². The number of aromatic nitrogens is 1. The van der Waals surface area contributed by atoms with Crippen molar-refractivity contribution in [3.8, 4) is 5.75 Å². The Bertz CT molecular complexity index is 997. The van der Waals surface area contributed by atoms with Crippen LogP contribution in [0.25, 0.3) is 10.2 Å². The third kappa shape index (κ3) is 3.50. The van der Waals surface area contributed by atoms with Gasteiger partial charge in [0.2, 0.25) is 4.34 Å². The number of halogens is 1. The fourth-order valence-corrected chi connectivity index (χ4v) is 3.63. The Labute approximate surface area is 140 Å². The third-order valence-electron chi connectivity index (χ3n) is 2.87. The second kappa shape index (κ2) is 5.89. The molecule has 0 saturated carbocycles. The molecule has 118 valence electrons. The summed E-state index contributed by atoms with van der Waals surface area (Å²) < 4.78 is 28.2. The molecule has 9 heteroatoms. The molecule has 0 aliphatic heterocycles. The highest BCUT2D eigenvalue weighted by atomic mass is 35.5. The quantitative estimate of drug-likeness (QED) is 0.566. The van der Waals surface area contributed by atoms with Crippen LogP contribution in [0.2, 0.25) is 5.02 Å². The molecule has 3 rings (SSSR count). The molecule has 0 aliphatic rings. The van der Waals surface area contributed by atoms with E-state index in [1.165, 1.54) is 12.1 Å². The minimum Gasteiger partial charge on any atom is -0.423 e. The van der Waals surface area contributed by atoms with Crippen LogP contribution in [0.1, 0.15) is 10.4 Å². The Morgan fingerprint density at radius 3 is 2.52 bits per heavy atom. The van der Waals surface area contributed by atoms with Crippen LogP contribution in [-0.2, 0) is 10.0 Å². The zero-order valence-corrected chi connectivity index (χ0v) is 13.8. The second-order valence-corrected chi connectivity index (χ2v) is 7.75. The summed E-state index contributed by atoms with van der Waals surface area (Å²) in [5.74, 6) is -0.265. The Morgan fingerprint density at radius 1 is 1.17 bits per heavy atom. The van der Waals surface area contributed by atoms with Crippen LogP contribution in [0, 0.1) is 0 Å². The van der Waals surface area contributed by atoms with E-state index in [-0.39, 0.29) is 10.1 Å². The summed E-state index contributed by atoms with van der Waals surface area (Å²) in [6.45, 7) is 0. The molecule has 0 fully saturated rings. The molecular formula is C14H9ClN2O4S2. The van der Waals surface area contributed by atoms with Gasteiger partial charge in [-0.3, -0.25) is 0 Å². The number of rotatable bonds is 3. The highest BCUT2D eigenvalue weighted by Crippen LogP contribution is 2.28. The molecule has 0 spiro atoms. The number of thiazole rings is 1. The molecule has 2 N–H and O–H groups in total. The van der Waals surface area contributed by atoms with Crippen LogP contribution in [0.15, 0.2) is 46.8 Å². The molecule has 6 nitrogen and oxygen atoms in total. The van der Waals surface area contributed by atoms with E-state index in [1.54, 1.807) is 30.3 Å². The molecule has 3 aromatic rings. The van der Waals surface area contributed by atoms with Gasteiger partial charge in [-0.05, 0) is 36.4 Å². The molecule has 0 bridgehead atoms. The summed E-state index contributed by atoms with van der Waals surface area (Å²) in [6, 6.07) is 10.9. The van der Waals surface area contributed by atoms with Crippen molar-refractivity contribution >= 4 is 49.1 Å². The average Bonchev–Trinajstić information content (AvgIpc) is 2.91. The van der Waals surface area contributed by atoms with Crippen LogP contribution in [0.5, 0.6) is 5.75 Å². The molecule has 1 aromatic heterocycles. The Kier molecular flexibility index (Phi) is 4.07. The number of carbonyl (C=O) groups excluding carboxylic acids is 1. The van der Waals surface area contributed by atoms with E-state index < -0.39 is 16.0 Å². The Balaban J connectivity index is 1.88. The fourth-order valence-electron chi connectivity index (χ4n) is 1.82. The first-order valence-electron chi connectivity index (χ1n) is 6.24. The van der Waals surface area contributed by atoms with Gasteiger partial charge in [-0.2, -0.15) is 0 Å². The van der Waals surface area contributed by atoms with Gasteiger partial charge >= 0.3 is 5.97 Å². The van der Waals surface area contributed by atoms with Crippen molar-refractivity contribution in [3.63, 3.8) is 0 Å². The van der Waals surface area contributed by atoms with Crippen molar-refractivity contribution in [2.24, 2.45) is 5.14 Å². The van der Waals surface area contributed by atoms with Crippen molar-refractivity contribution < 1.29 is 17.9 Å². The van der Waals surface area contributed by atoms with Gasteiger partial charge in [-0.25, -0.2) is 23.3 Å². The molecule has 0 unspecified atom stereocenters. The minimum absolute atomic E-state index is 0.186. The van der Waals surface area contributed by atoms with Gasteiger partial charge in [0.15, 0.2) is 0 Å². The predicted molar refractivity (Wildman–Crippen MR) is 87.4 cm³/mol. The van der Waals surface area contributed by atoms with E-state index in [2.05, 4.69) is 4.98 Å². The van der Waals surface area contributed by atoms with E-state index in [4.69, 9.17) is 21.5 Å².